The Bertz CT molecular complexity index is 373. The normalized spacial score (nSPS) is 25.8. The van der Waals surface area contributed by atoms with Crippen LogP contribution in [-0.2, 0) is 4.79 Å². The Morgan fingerprint density at radius 1 is 1.35 bits per heavy atom. The topological polar surface area (TPSA) is 60.9 Å². The van der Waals surface area contributed by atoms with E-state index in [4.69, 9.17) is 0 Å². The van der Waals surface area contributed by atoms with Crippen LogP contribution in [0.2, 0.25) is 0 Å². The number of hydrogen-bond acceptors (Lipinski definition) is 3. The highest BCUT2D eigenvalue weighted by Crippen LogP contribution is 2.34. The van der Waals surface area contributed by atoms with Gasteiger partial charge in [-0.05, 0) is 31.6 Å². The third-order valence-electron chi connectivity index (χ3n) is 3.89. The molecule has 2 aliphatic rings. The van der Waals surface area contributed by atoms with Crippen molar-refractivity contribution >= 4 is 23.8 Å². The average molecular weight is 300 g/mol. The first-order valence-corrected chi connectivity index (χ1v) is 8.55. The van der Waals surface area contributed by atoms with E-state index >= 15 is 0 Å². The molecule has 2 unspecified atom stereocenters. The molecule has 1 saturated carbocycles. The summed E-state index contributed by atoms with van der Waals surface area (Å²) in [5.41, 5.74) is 0. The molecule has 114 valence electrons. The van der Waals surface area contributed by atoms with Crippen molar-refractivity contribution in [3.63, 3.8) is 0 Å². The number of amides is 2. The first-order valence-electron chi connectivity index (χ1n) is 7.50. The van der Waals surface area contributed by atoms with E-state index in [1.807, 2.05) is 11.8 Å². The number of carbonyl (C=O) groups excluding carboxylic acids is 1. The zero-order valence-electron chi connectivity index (χ0n) is 12.2. The van der Waals surface area contributed by atoms with Crippen molar-refractivity contribution in [1.82, 2.24) is 9.80 Å². The van der Waals surface area contributed by atoms with E-state index in [-0.39, 0.29) is 11.4 Å². The van der Waals surface area contributed by atoms with Crippen molar-refractivity contribution < 1.29 is 14.7 Å². The lowest BCUT2D eigenvalue weighted by atomic mass is 10.2. The third-order valence-corrected chi connectivity index (χ3v) is 5.34. The second-order valence-corrected chi connectivity index (χ2v) is 6.84. The fourth-order valence-electron chi connectivity index (χ4n) is 2.64. The Labute approximate surface area is 124 Å². The first kappa shape index (κ1) is 15.5. The van der Waals surface area contributed by atoms with Gasteiger partial charge in [0, 0.05) is 18.8 Å². The van der Waals surface area contributed by atoms with Crippen LogP contribution >= 0.6 is 11.8 Å². The molecule has 2 rings (SSSR count). The molecular formula is C14H24N2O3S. The molecule has 0 aromatic rings. The Kier molecular flexibility index (Phi) is 5.18. The van der Waals surface area contributed by atoms with Gasteiger partial charge >= 0.3 is 12.0 Å². The molecule has 1 heterocycles. The summed E-state index contributed by atoms with van der Waals surface area (Å²) in [6, 6.07) is -0.751. The van der Waals surface area contributed by atoms with Gasteiger partial charge in [0.15, 0.2) is 0 Å². The largest absolute Gasteiger partial charge is 0.480 e. The van der Waals surface area contributed by atoms with Crippen molar-refractivity contribution in [2.45, 2.75) is 50.9 Å². The Morgan fingerprint density at radius 2 is 2.05 bits per heavy atom. The van der Waals surface area contributed by atoms with E-state index in [9.17, 15) is 14.7 Å². The van der Waals surface area contributed by atoms with Gasteiger partial charge in [-0.3, -0.25) is 4.90 Å². The minimum absolute atomic E-state index is 0.00200. The maximum Gasteiger partial charge on any atom is 0.327 e. The maximum atomic E-state index is 12.8. The van der Waals surface area contributed by atoms with Gasteiger partial charge in [-0.15, -0.1) is 11.8 Å². The zero-order valence-corrected chi connectivity index (χ0v) is 13.1. The summed E-state index contributed by atoms with van der Waals surface area (Å²) in [5.74, 6) is 0.247. The number of carboxylic acids is 1. The number of carbonyl (C=O) groups is 2. The number of nitrogens with zero attached hydrogens (tertiary/aromatic N) is 2. The predicted octanol–water partition coefficient (Wildman–Crippen LogP) is 2.47. The Morgan fingerprint density at radius 3 is 2.55 bits per heavy atom. The van der Waals surface area contributed by atoms with Crippen LogP contribution in [0.15, 0.2) is 0 Å². The average Bonchev–Trinajstić information content (AvgIpc) is 3.12. The molecule has 0 bridgehead atoms. The molecule has 5 nitrogen and oxygen atoms in total. The lowest BCUT2D eigenvalue weighted by Crippen LogP contribution is -2.52. The van der Waals surface area contributed by atoms with E-state index in [2.05, 4.69) is 6.92 Å². The summed E-state index contributed by atoms with van der Waals surface area (Å²) in [5, 5.41) is 9.33. The van der Waals surface area contributed by atoms with E-state index in [1.54, 1.807) is 16.7 Å². The molecule has 2 fully saturated rings. The van der Waals surface area contributed by atoms with Gasteiger partial charge in [-0.1, -0.05) is 13.8 Å². The van der Waals surface area contributed by atoms with Crippen LogP contribution < -0.4 is 0 Å². The quantitative estimate of drug-likeness (QED) is 0.818. The highest BCUT2D eigenvalue weighted by molar-refractivity contribution is 8.00. The van der Waals surface area contributed by atoms with Crippen LogP contribution in [0.25, 0.3) is 0 Å². The monoisotopic (exact) mass is 300 g/mol. The van der Waals surface area contributed by atoms with Crippen LogP contribution in [-0.4, -0.2) is 57.2 Å². The van der Waals surface area contributed by atoms with Crippen molar-refractivity contribution in [2.24, 2.45) is 5.92 Å². The first-order chi connectivity index (χ1) is 9.58. The lowest BCUT2D eigenvalue weighted by Gasteiger charge is -2.33. The molecule has 2 amide bonds. The van der Waals surface area contributed by atoms with Crippen molar-refractivity contribution in [3.05, 3.63) is 0 Å². The molecule has 1 saturated heterocycles. The minimum Gasteiger partial charge on any atom is -0.480 e. The number of carboxylic acid groups (broad SMARTS) is 1. The van der Waals surface area contributed by atoms with Crippen LogP contribution in [0.5, 0.6) is 0 Å². The molecular weight excluding hydrogens is 276 g/mol. The molecule has 1 aliphatic heterocycles. The predicted molar refractivity (Wildman–Crippen MR) is 79.8 cm³/mol. The van der Waals surface area contributed by atoms with Gasteiger partial charge in [0.05, 0.1) is 5.37 Å². The number of urea groups is 1. The molecule has 0 aromatic heterocycles. The molecule has 6 heteroatoms. The van der Waals surface area contributed by atoms with Gasteiger partial charge in [0.25, 0.3) is 0 Å². The summed E-state index contributed by atoms with van der Waals surface area (Å²) in [6.07, 6.45) is 4.10. The van der Waals surface area contributed by atoms with Gasteiger partial charge in [-0.2, -0.15) is 0 Å². The van der Waals surface area contributed by atoms with Crippen LogP contribution in [0.3, 0.4) is 0 Å². The number of hydrogen-bond donors (Lipinski definition) is 1. The standard InChI is InChI=1S/C14H24N2O3S/c1-3-7-15(8-10-5-6-10)14(19)16-11(13(17)18)9-20-12(16)4-2/h10-12H,3-9H2,1-2H3,(H,17,18). The highest BCUT2D eigenvalue weighted by atomic mass is 32.2. The van der Waals surface area contributed by atoms with Crippen molar-refractivity contribution in [1.29, 1.82) is 0 Å². The van der Waals surface area contributed by atoms with E-state index in [0.717, 1.165) is 25.9 Å². The molecule has 0 spiro atoms. The lowest BCUT2D eigenvalue weighted by molar-refractivity contribution is -0.141. The van der Waals surface area contributed by atoms with Crippen LogP contribution in [0, 0.1) is 5.92 Å². The van der Waals surface area contributed by atoms with E-state index in [1.165, 1.54) is 12.8 Å². The van der Waals surface area contributed by atoms with Gasteiger partial charge < -0.3 is 10.0 Å². The van der Waals surface area contributed by atoms with Gasteiger partial charge in [0.2, 0.25) is 0 Å². The zero-order chi connectivity index (χ0) is 14.7. The molecule has 0 radical (unpaired) electrons. The SMILES string of the molecule is CCCN(CC1CC1)C(=O)N1C(CC)SCC1C(=O)O. The highest BCUT2D eigenvalue weighted by Gasteiger charge is 2.43. The summed E-state index contributed by atoms with van der Waals surface area (Å²) < 4.78 is 0. The molecule has 2 atom stereocenters. The molecule has 0 aromatic carbocycles. The fourth-order valence-corrected chi connectivity index (χ4v) is 3.98. The summed E-state index contributed by atoms with van der Waals surface area (Å²) in [6.45, 7) is 5.57. The van der Waals surface area contributed by atoms with Crippen molar-refractivity contribution in [3.8, 4) is 0 Å². The minimum atomic E-state index is -0.885. The van der Waals surface area contributed by atoms with Gasteiger partial charge in [0.1, 0.15) is 6.04 Å². The summed E-state index contributed by atoms with van der Waals surface area (Å²) in [4.78, 5) is 27.6. The number of thioether (sulfide) groups is 1. The maximum absolute atomic E-state index is 12.8. The molecule has 20 heavy (non-hydrogen) atoms. The Balaban J connectivity index is 2.10. The van der Waals surface area contributed by atoms with Crippen molar-refractivity contribution in [2.75, 3.05) is 18.8 Å². The smallest absolute Gasteiger partial charge is 0.327 e. The van der Waals surface area contributed by atoms with E-state index < -0.39 is 12.0 Å². The second kappa shape index (κ2) is 6.70. The van der Waals surface area contributed by atoms with Crippen LogP contribution in [0.4, 0.5) is 4.79 Å². The van der Waals surface area contributed by atoms with E-state index in [0.29, 0.717) is 11.7 Å². The molecule has 1 aliphatic carbocycles. The summed E-state index contributed by atoms with van der Waals surface area (Å²) in [7, 11) is 0. The summed E-state index contributed by atoms with van der Waals surface area (Å²) >= 11 is 1.58. The second-order valence-electron chi connectivity index (χ2n) is 5.63. The number of rotatable bonds is 6. The Hall–Kier alpha value is -0.910. The third kappa shape index (κ3) is 3.40. The van der Waals surface area contributed by atoms with Crippen LogP contribution in [0.1, 0.15) is 39.5 Å². The molecule has 1 N–H and O–H groups in total. The van der Waals surface area contributed by atoms with Gasteiger partial charge in [-0.25, -0.2) is 9.59 Å². The number of aliphatic carboxylic acids is 1. The fraction of sp³-hybridized carbons (Fsp3) is 0.857.